The van der Waals surface area contributed by atoms with Gasteiger partial charge >= 0.3 is 0 Å². The lowest BCUT2D eigenvalue weighted by Crippen LogP contribution is -2.50. The van der Waals surface area contributed by atoms with Gasteiger partial charge in [0.25, 0.3) is 0 Å². The van der Waals surface area contributed by atoms with Crippen molar-refractivity contribution >= 4 is 39.1 Å². The molecule has 1 aliphatic carbocycles. The molecule has 7 nitrogen and oxygen atoms in total. The number of rotatable bonds is 11. The van der Waals surface area contributed by atoms with Crippen LogP contribution in [0.5, 0.6) is 0 Å². The van der Waals surface area contributed by atoms with Gasteiger partial charge in [-0.05, 0) is 68.5 Å². The second-order valence-electron chi connectivity index (χ2n) is 9.95. The van der Waals surface area contributed by atoms with E-state index in [0.29, 0.717) is 17.1 Å². The molecule has 0 radical (unpaired) electrons. The van der Waals surface area contributed by atoms with Crippen molar-refractivity contribution in [3.63, 3.8) is 0 Å². The Balaban J connectivity index is 1.71. The molecule has 37 heavy (non-hydrogen) atoms. The topological polar surface area (TPSA) is 86.8 Å². The highest BCUT2D eigenvalue weighted by atomic mass is 35.5. The monoisotopic (exact) mass is 547 g/mol. The molecule has 2 amide bonds. The number of aryl methyl sites for hydroxylation is 1. The van der Waals surface area contributed by atoms with Gasteiger partial charge in [0.1, 0.15) is 6.04 Å². The van der Waals surface area contributed by atoms with Gasteiger partial charge in [-0.2, -0.15) is 0 Å². The van der Waals surface area contributed by atoms with Crippen LogP contribution in [0.25, 0.3) is 0 Å². The van der Waals surface area contributed by atoms with Crippen LogP contribution in [0.15, 0.2) is 48.5 Å². The highest BCUT2D eigenvalue weighted by Gasteiger charge is 2.28. The fourth-order valence-corrected chi connectivity index (χ4v) is 5.81. The summed E-state index contributed by atoms with van der Waals surface area (Å²) in [5.41, 5.74) is 2.40. The number of carbonyl (C=O) groups excluding carboxylic acids is 2. The lowest BCUT2D eigenvalue weighted by Gasteiger charge is -2.31. The van der Waals surface area contributed by atoms with Crippen molar-refractivity contribution < 1.29 is 18.0 Å². The normalized spacial score (nSPS) is 15.1. The predicted octanol–water partition coefficient (Wildman–Crippen LogP) is 5.06. The fourth-order valence-electron chi connectivity index (χ4n) is 4.72. The van der Waals surface area contributed by atoms with E-state index in [-0.39, 0.29) is 37.4 Å². The summed E-state index contributed by atoms with van der Waals surface area (Å²) in [5.74, 6) is -0.356. The van der Waals surface area contributed by atoms with E-state index in [1.165, 1.54) is 17.0 Å². The van der Waals surface area contributed by atoms with Gasteiger partial charge in [0.2, 0.25) is 21.8 Å². The zero-order valence-corrected chi connectivity index (χ0v) is 23.5. The minimum absolute atomic E-state index is 0.118. The average molecular weight is 548 g/mol. The van der Waals surface area contributed by atoms with Gasteiger partial charge in [0.15, 0.2) is 0 Å². The van der Waals surface area contributed by atoms with E-state index in [2.05, 4.69) is 5.32 Å². The summed E-state index contributed by atoms with van der Waals surface area (Å²) in [4.78, 5) is 28.1. The van der Waals surface area contributed by atoms with Crippen LogP contribution in [0.4, 0.5) is 5.69 Å². The molecule has 0 aromatic heterocycles. The summed E-state index contributed by atoms with van der Waals surface area (Å²) in [5, 5.41) is 3.73. The quantitative estimate of drug-likeness (QED) is 0.426. The Kier molecular flexibility index (Phi) is 10.4. The summed E-state index contributed by atoms with van der Waals surface area (Å²) >= 11 is 6.03. The lowest BCUT2D eigenvalue weighted by atomic mass is 9.95. The number of carbonyl (C=O) groups is 2. The van der Waals surface area contributed by atoms with Gasteiger partial charge in [-0.15, -0.1) is 0 Å². The highest BCUT2D eigenvalue weighted by Crippen LogP contribution is 2.21. The largest absolute Gasteiger partial charge is 0.352 e. The van der Waals surface area contributed by atoms with Crippen LogP contribution in [-0.4, -0.2) is 50.0 Å². The summed E-state index contributed by atoms with van der Waals surface area (Å²) in [6.07, 6.45) is 6.93. The molecule has 0 unspecified atom stereocenters. The van der Waals surface area contributed by atoms with Crippen molar-refractivity contribution in [2.24, 2.45) is 0 Å². The van der Waals surface area contributed by atoms with E-state index >= 15 is 0 Å². The molecule has 0 bridgehead atoms. The number of hydrogen-bond donors (Lipinski definition) is 1. The molecule has 1 N–H and O–H groups in total. The molecule has 9 heteroatoms. The van der Waals surface area contributed by atoms with E-state index in [9.17, 15) is 18.0 Å². The van der Waals surface area contributed by atoms with Crippen LogP contribution in [0, 0.1) is 6.92 Å². The summed E-state index contributed by atoms with van der Waals surface area (Å²) in [6.45, 7) is 4.10. The van der Waals surface area contributed by atoms with Gasteiger partial charge in [-0.1, -0.05) is 55.1 Å². The molecule has 0 heterocycles. The fraction of sp³-hybridized carbons (Fsp3) is 0.500. The zero-order chi connectivity index (χ0) is 27.0. The molecule has 1 saturated carbocycles. The first-order chi connectivity index (χ1) is 17.5. The Hall–Kier alpha value is -2.58. The Morgan fingerprint density at radius 2 is 1.76 bits per heavy atom. The molecule has 2 aromatic rings. The van der Waals surface area contributed by atoms with Gasteiger partial charge in [0.05, 0.1) is 11.9 Å². The maximum atomic E-state index is 13.4. The first-order valence-corrected chi connectivity index (χ1v) is 15.2. The van der Waals surface area contributed by atoms with Crippen molar-refractivity contribution in [3.05, 3.63) is 64.7 Å². The van der Waals surface area contributed by atoms with Crippen molar-refractivity contribution in [3.8, 4) is 0 Å². The number of halogens is 1. The van der Waals surface area contributed by atoms with E-state index in [1.807, 2.05) is 37.3 Å². The smallest absolute Gasteiger partial charge is 0.242 e. The number of hydrogen-bond acceptors (Lipinski definition) is 4. The number of nitrogens with one attached hydrogen (secondary N) is 1. The van der Waals surface area contributed by atoms with Gasteiger partial charge < -0.3 is 10.2 Å². The minimum Gasteiger partial charge on any atom is -0.352 e. The van der Waals surface area contributed by atoms with Crippen LogP contribution < -0.4 is 9.62 Å². The second kappa shape index (κ2) is 13.3. The van der Waals surface area contributed by atoms with Gasteiger partial charge in [-0.25, -0.2) is 8.42 Å². The number of anilines is 1. The molecular weight excluding hydrogens is 510 g/mol. The summed E-state index contributed by atoms with van der Waals surface area (Å²) < 4.78 is 26.3. The molecule has 1 aliphatic rings. The first-order valence-electron chi connectivity index (χ1n) is 12.9. The molecular formula is C28H38ClN3O4S. The van der Waals surface area contributed by atoms with Crippen LogP contribution in [-0.2, 0) is 26.2 Å². The third-order valence-corrected chi connectivity index (χ3v) is 8.27. The van der Waals surface area contributed by atoms with Crippen LogP contribution in [0.1, 0.15) is 63.0 Å². The van der Waals surface area contributed by atoms with Gasteiger partial charge in [-0.3, -0.25) is 13.9 Å². The molecule has 0 saturated heterocycles. The third kappa shape index (κ3) is 8.75. The minimum atomic E-state index is -3.52. The number of nitrogens with zero attached hydrogens (tertiary/aromatic N) is 2. The molecule has 1 atom stereocenters. The molecule has 0 spiro atoms. The van der Waals surface area contributed by atoms with Crippen LogP contribution >= 0.6 is 11.6 Å². The lowest BCUT2D eigenvalue weighted by molar-refractivity contribution is -0.141. The summed E-state index contributed by atoms with van der Waals surface area (Å²) in [7, 11) is -3.52. The van der Waals surface area contributed by atoms with Crippen LogP contribution in [0.3, 0.4) is 0 Å². The third-order valence-electron chi connectivity index (χ3n) is 6.83. The average Bonchev–Trinajstić information content (AvgIpc) is 2.85. The predicted molar refractivity (Wildman–Crippen MR) is 149 cm³/mol. The van der Waals surface area contributed by atoms with Gasteiger partial charge in [0, 0.05) is 30.6 Å². The van der Waals surface area contributed by atoms with Crippen molar-refractivity contribution in [2.75, 3.05) is 17.1 Å². The molecule has 3 rings (SSSR count). The first kappa shape index (κ1) is 29.0. The molecule has 0 aliphatic heterocycles. The SMILES string of the molecule is Cc1cccc(N(CCCC(=O)N(Cc2ccc(Cl)cc2)[C@H](C)C(=O)NC2CCCCC2)S(C)(=O)=O)c1. The van der Waals surface area contributed by atoms with E-state index < -0.39 is 16.1 Å². The highest BCUT2D eigenvalue weighted by molar-refractivity contribution is 7.92. The number of amides is 2. The second-order valence-corrected chi connectivity index (χ2v) is 12.3. The standard InChI is InChI=1S/C28H38ClN3O4S/c1-21-9-7-12-26(19-21)32(37(3,35)36)18-8-13-27(33)31(20-23-14-16-24(29)17-15-23)22(2)28(34)30-25-10-5-4-6-11-25/h7,9,12,14-17,19,22,25H,4-6,8,10-11,13,18,20H2,1-3H3,(H,30,34)/t22-/m1/s1. The summed E-state index contributed by atoms with van der Waals surface area (Å²) in [6, 6.07) is 14.0. The van der Waals surface area contributed by atoms with Crippen molar-refractivity contribution in [2.45, 2.75) is 77.4 Å². The zero-order valence-electron chi connectivity index (χ0n) is 22.0. The maximum absolute atomic E-state index is 13.4. The number of benzene rings is 2. The molecule has 202 valence electrons. The maximum Gasteiger partial charge on any atom is 0.242 e. The Bertz CT molecular complexity index is 1160. The number of sulfonamides is 1. The Labute approximate surface area is 226 Å². The Morgan fingerprint density at radius 3 is 2.38 bits per heavy atom. The van der Waals surface area contributed by atoms with Crippen molar-refractivity contribution in [1.29, 1.82) is 0 Å². The molecule has 2 aromatic carbocycles. The van der Waals surface area contributed by atoms with Crippen molar-refractivity contribution in [1.82, 2.24) is 10.2 Å². The Morgan fingerprint density at radius 1 is 1.08 bits per heavy atom. The van der Waals surface area contributed by atoms with E-state index in [1.54, 1.807) is 30.0 Å². The molecule has 1 fully saturated rings. The van der Waals surface area contributed by atoms with Crippen LogP contribution in [0.2, 0.25) is 5.02 Å². The van der Waals surface area contributed by atoms with E-state index in [4.69, 9.17) is 11.6 Å². The van der Waals surface area contributed by atoms with E-state index in [0.717, 1.165) is 36.8 Å².